The number of halogens is 2. The number of ether oxygens (including phenoxy) is 1. The minimum absolute atomic E-state index is 0.0297. The van der Waals surface area contributed by atoms with E-state index in [-0.39, 0.29) is 18.6 Å². The Morgan fingerprint density at radius 2 is 1.54 bits per heavy atom. The van der Waals surface area contributed by atoms with Gasteiger partial charge in [0.15, 0.2) is 6.61 Å². The second-order valence-electron chi connectivity index (χ2n) is 7.66. The predicted molar refractivity (Wildman–Crippen MR) is 112 cm³/mol. The first-order valence-corrected chi connectivity index (χ1v) is 10.5. The number of fused-ring (bicyclic) bond motifs is 2. The Morgan fingerprint density at radius 3 is 2.14 bits per heavy atom. The van der Waals surface area contributed by atoms with Crippen LogP contribution in [0.3, 0.4) is 0 Å². The Hall–Kier alpha value is -1.75. The molecule has 2 atom stereocenters. The molecule has 2 aromatic carbocycles. The van der Waals surface area contributed by atoms with E-state index in [0.29, 0.717) is 22.9 Å². The highest BCUT2D eigenvalue weighted by Crippen LogP contribution is 2.37. The maximum atomic E-state index is 12.3. The first-order chi connectivity index (χ1) is 13.6. The van der Waals surface area contributed by atoms with E-state index >= 15 is 0 Å². The van der Waals surface area contributed by atoms with Gasteiger partial charge in [0, 0.05) is 34.7 Å². The Morgan fingerprint density at radius 1 is 0.964 bits per heavy atom. The number of hydrogen-bond donors (Lipinski definition) is 1. The van der Waals surface area contributed by atoms with Crippen molar-refractivity contribution in [2.75, 3.05) is 6.61 Å². The summed E-state index contributed by atoms with van der Waals surface area (Å²) in [7, 11) is 0. The highest BCUT2D eigenvalue weighted by atomic mass is 35.5. The second kappa shape index (κ2) is 8.73. The average Bonchev–Trinajstić information content (AvgIpc) is 2.91. The minimum Gasteiger partial charge on any atom is -0.484 e. The average molecular weight is 419 g/mol. The summed E-state index contributed by atoms with van der Waals surface area (Å²) in [5.74, 6) is 0.586. The third-order valence-corrected chi connectivity index (χ3v) is 6.22. The van der Waals surface area contributed by atoms with Crippen LogP contribution in [0.15, 0.2) is 48.5 Å². The summed E-state index contributed by atoms with van der Waals surface area (Å²) in [4.78, 5) is 14.9. The fourth-order valence-electron chi connectivity index (χ4n) is 4.40. The summed E-state index contributed by atoms with van der Waals surface area (Å²) in [6.45, 7) is 0.981. The van der Waals surface area contributed by atoms with E-state index < -0.39 is 0 Å². The van der Waals surface area contributed by atoms with Crippen LogP contribution >= 0.6 is 23.2 Å². The molecule has 2 aromatic rings. The highest BCUT2D eigenvalue weighted by Gasteiger charge is 2.40. The molecule has 148 valence electrons. The zero-order valence-corrected chi connectivity index (χ0v) is 17.1. The van der Waals surface area contributed by atoms with Crippen molar-refractivity contribution < 1.29 is 9.53 Å². The van der Waals surface area contributed by atoms with Crippen molar-refractivity contribution in [1.29, 1.82) is 0 Å². The van der Waals surface area contributed by atoms with E-state index in [1.807, 2.05) is 12.1 Å². The molecule has 2 aliphatic rings. The SMILES string of the molecule is O=C(COc1ccc(Cl)cc1)NC1CC2CCC(C1)N2Cc1ccc(Cl)cc1. The van der Waals surface area contributed by atoms with Crippen LogP contribution in [-0.2, 0) is 11.3 Å². The molecule has 6 heteroatoms. The quantitative estimate of drug-likeness (QED) is 0.739. The fourth-order valence-corrected chi connectivity index (χ4v) is 4.65. The van der Waals surface area contributed by atoms with E-state index in [4.69, 9.17) is 27.9 Å². The third kappa shape index (κ3) is 4.80. The smallest absolute Gasteiger partial charge is 0.258 e. The van der Waals surface area contributed by atoms with Crippen LogP contribution in [0.5, 0.6) is 5.75 Å². The molecule has 2 fully saturated rings. The van der Waals surface area contributed by atoms with Gasteiger partial charge in [-0.25, -0.2) is 0 Å². The van der Waals surface area contributed by atoms with Crippen molar-refractivity contribution in [3.63, 3.8) is 0 Å². The normalized spacial score (nSPS) is 24.1. The van der Waals surface area contributed by atoms with E-state index in [1.54, 1.807) is 24.3 Å². The zero-order valence-electron chi connectivity index (χ0n) is 15.6. The van der Waals surface area contributed by atoms with Gasteiger partial charge in [-0.3, -0.25) is 9.69 Å². The molecule has 0 spiro atoms. The van der Waals surface area contributed by atoms with Crippen LogP contribution in [0, 0.1) is 0 Å². The van der Waals surface area contributed by atoms with Crippen molar-refractivity contribution in [3.8, 4) is 5.75 Å². The van der Waals surface area contributed by atoms with Crippen LogP contribution in [0.2, 0.25) is 10.0 Å². The third-order valence-electron chi connectivity index (χ3n) is 5.71. The maximum absolute atomic E-state index is 12.3. The van der Waals surface area contributed by atoms with Gasteiger partial charge in [0.1, 0.15) is 5.75 Å². The molecule has 0 aromatic heterocycles. The van der Waals surface area contributed by atoms with Gasteiger partial charge in [0.2, 0.25) is 0 Å². The van der Waals surface area contributed by atoms with Crippen LogP contribution in [0.25, 0.3) is 0 Å². The molecule has 2 saturated heterocycles. The van der Waals surface area contributed by atoms with Gasteiger partial charge in [-0.15, -0.1) is 0 Å². The summed E-state index contributed by atoms with van der Waals surface area (Å²) >= 11 is 11.9. The lowest BCUT2D eigenvalue weighted by Gasteiger charge is -2.39. The van der Waals surface area contributed by atoms with Crippen molar-refractivity contribution >= 4 is 29.1 Å². The largest absolute Gasteiger partial charge is 0.484 e. The highest BCUT2D eigenvalue weighted by molar-refractivity contribution is 6.30. The lowest BCUT2D eigenvalue weighted by Crippen LogP contribution is -2.50. The molecular formula is C22H24Cl2N2O2. The maximum Gasteiger partial charge on any atom is 0.258 e. The number of carbonyl (C=O) groups is 1. The molecule has 2 aliphatic heterocycles. The molecule has 0 radical (unpaired) electrons. The lowest BCUT2D eigenvalue weighted by molar-refractivity contribution is -0.124. The number of rotatable bonds is 6. The summed E-state index contributed by atoms with van der Waals surface area (Å²) in [6.07, 6.45) is 4.39. The lowest BCUT2D eigenvalue weighted by atomic mass is 9.96. The zero-order chi connectivity index (χ0) is 19.5. The Labute approximate surface area is 175 Å². The Kier molecular flexibility index (Phi) is 6.10. The van der Waals surface area contributed by atoms with Gasteiger partial charge in [0.05, 0.1) is 0 Å². The van der Waals surface area contributed by atoms with E-state index in [2.05, 4.69) is 22.3 Å². The van der Waals surface area contributed by atoms with Gasteiger partial charge < -0.3 is 10.1 Å². The molecular weight excluding hydrogens is 395 g/mol. The molecule has 0 saturated carbocycles. The van der Waals surface area contributed by atoms with Crippen molar-refractivity contribution in [2.45, 2.75) is 50.4 Å². The number of nitrogens with one attached hydrogen (secondary N) is 1. The summed E-state index contributed by atoms with van der Waals surface area (Å²) in [6, 6.07) is 16.4. The van der Waals surface area contributed by atoms with Gasteiger partial charge in [-0.1, -0.05) is 35.3 Å². The first-order valence-electron chi connectivity index (χ1n) is 9.75. The van der Waals surface area contributed by atoms with E-state index in [0.717, 1.165) is 24.4 Å². The number of benzene rings is 2. The van der Waals surface area contributed by atoms with E-state index in [9.17, 15) is 4.79 Å². The Bertz CT molecular complexity index is 796. The molecule has 4 nitrogen and oxygen atoms in total. The standard InChI is InChI=1S/C22H24Cl2N2O2/c23-16-3-1-15(2-4-16)13-26-19-7-8-20(26)12-18(11-19)25-22(27)14-28-21-9-5-17(24)6-10-21/h1-6,9-10,18-20H,7-8,11-14H2,(H,25,27). The van der Waals surface area contributed by atoms with Gasteiger partial charge >= 0.3 is 0 Å². The predicted octanol–water partition coefficient (Wildman–Crippen LogP) is 4.68. The number of amides is 1. The van der Waals surface area contributed by atoms with Crippen LogP contribution in [0.4, 0.5) is 0 Å². The molecule has 2 bridgehead atoms. The second-order valence-corrected chi connectivity index (χ2v) is 8.54. The topological polar surface area (TPSA) is 41.6 Å². The number of piperidine rings is 1. The van der Waals surface area contributed by atoms with Crippen LogP contribution in [0.1, 0.15) is 31.2 Å². The molecule has 1 N–H and O–H groups in total. The molecule has 2 heterocycles. The molecule has 1 amide bonds. The van der Waals surface area contributed by atoms with Crippen LogP contribution < -0.4 is 10.1 Å². The van der Waals surface area contributed by atoms with Crippen molar-refractivity contribution in [3.05, 3.63) is 64.1 Å². The number of nitrogens with zero attached hydrogens (tertiary/aromatic N) is 1. The first kappa shape index (κ1) is 19.6. The summed E-state index contributed by atoms with van der Waals surface area (Å²) in [5.41, 5.74) is 1.29. The van der Waals surface area contributed by atoms with Crippen molar-refractivity contribution in [2.24, 2.45) is 0 Å². The minimum atomic E-state index is -0.0644. The number of hydrogen-bond acceptors (Lipinski definition) is 3. The molecule has 4 rings (SSSR count). The van der Waals surface area contributed by atoms with Gasteiger partial charge in [-0.2, -0.15) is 0 Å². The van der Waals surface area contributed by atoms with Gasteiger partial charge in [0.25, 0.3) is 5.91 Å². The summed E-state index contributed by atoms with van der Waals surface area (Å²) in [5, 5.41) is 4.58. The molecule has 28 heavy (non-hydrogen) atoms. The number of carbonyl (C=O) groups excluding carboxylic acids is 1. The van der Waals surface area contributed by atoms with Crippen LogP contribution in [-0.4, -0.2) is 35.5 Å². The van der Waals surface area contributed by atoms with E-state index in [1.165, 1.54) is 18.4 Å². The molecule has 0 aliphatic carbocycles. The molecule has 2 unspecified atom stereocenters. The monoisotopic (exact) mass is 418 g/mol. The van der Waals surface area contributed by atoms with Gasteiger partial charge in [-0.05, 0) is 67.6 Å². The van der Waals surface area contributed by atoms with Crippen molar-refractivity contribution in [1.82, 2.24) is 10.2 Å². The summed E-state index contributed by atoms with van der Waals surface area (Å²) < 4.78 is 5.55. The Balaban J connectivity index is 1.27. The fraction of sp³-hybridized carbons (Fsp3) is 0.409.